The van der Waals surface area contributed by atoms with Crippen molar-refractivity contribution in [1.82, 2.24) is 0 Å². The highest BCUT2D eigenvalue weighted by atomic mass is 16.5. The van der Waals surface area contributed by atoms with Crippen LogP contribution < -0.4 is 4.74 Å². The van der Waals surface area contributed by atoms with Crippen molar-refractivity contribution in [2.75, 3.05) is 6.61 Å². The molecule has 0 saturated heterocycles. The first kappa shape index (κ1) is 13.5. The Hall–Kier alpha value is -0.980. The van der Waals surface area contributed by atoms with E-state index in [-0.39, 0.29) is 0 Å². The van der Waals surface area contributed by atoms with Crippen LogP contribution in [0.5, 0.6) is 5.75 Å². The van der Waals surface area contributed by atoms with Crippen LogP contribution in [0.25, 0.3) is 0 Å². The molecule has 18 heavy (non-hydrogen) atoms. The van der Waals surface area contributed by atoms with Crippen LogP contribution in [0.3, 0.4) is 0 Å². The zero-order chi connectivity index (χ0) is 12.8. The second kappa shape index (κ2) is 6.82. The molecule has 0 spiro atoms. The highest BCUT2D eigenvalue weighted by molar-refractivity contribution is 5.44. The van der Waals surface area contributed by atoms with Crippen molar-refractivity contribution in [3.05, 3.63) is 29.3 Å². The molecule has 0 aliphatic carbocycles. The summed E-state index contributed by atoms with van der Waals surface area (Å²) in [6, 6.07) is 7.56. The Kier molecular flexibility index (Phi) is 5.10. The number of rotatable bonds is 7. The van der Waals surface area contributed by atoms with Crippen molar-refractivity contribution in [3.63, 3.8) is 0 Å². The Morgan fingerprint density at radius 1 is 1.28 bits per heavy atom. The predicted octanol–water partition coefficient (Wildman–Crippen LogP) is 4.89. The molecular formula is C17H25O. The quantitative estimate of drug-likeness (QED) is 0.622. The second-order valence-electron chi connectivity index (χ2n) is 5.44. The van der Waals surface area contributed by atoms with Crippen LogP contribution in [-0.4, -0.2) is 6.61 Å². The lowest BCUT2D eigenvalue weighted by molar-refractivity contribution is 0.350. The van der Waals surface area contributed by atoms with Gasteiger partial charge in [-0.15, -0.1) is 0 Å². The van der Waals surface area contributed by atoms with E-state index in [1.165, 1.54) is 49.7 Å². The fraction of sp³-hybridized carbons (Fsp3) is 0.647. The smallest absolute Gasteiger partial charge is 0.126 e. The third kappa shape index (κ3) is 3.28. The van der Waals surface area contributed by atoms with Gasteiger partial charge in [-0.2, -0.15) is 0 Å². The number of benzene rings is 1. The molecule has 0 fully saturated rings. The molecule has 1 aliphatic rings. The Labute approximate surface area is 112 Å². The summed E-state index contributed by atoms with van der Waals surface area (Å²) >= 11 is 0. The molecule has 1 aromatic carbocycles. The SMILES string of the molecule is CCCCCCCC(C)c1cc[c]c2c1OCC2. The molecule has 1 heterocycles. The lowest BCUT2D eigenvalue weighted by Crippen LogP contribution is -1.97. The summed E-state index contributed by atoms with van der Waals surface area (Å²) in [5.41, 5.74) is 2.68. The summed E-state index contributed by atoms with van der Waals surface area (Å²) in [6.45, 7) is 5.44. The number of ether oxygens (including phenoxy) is 1. The van der Waals surface area contributed by atoms with Crippen molar-refractivity contribution < 1.29 is 4.74 Å². The lowest BCUT2D eigenvalue weighted by atomic mass is 9.92. The van der Waals surface area contributed by atoms with Crippen LogP contribution in [0.1, 0.15) is 69.4 Å². The average Bonchev–Trinajstić information content (AvgIpc) is 2.86. The standard InChI is InChI=1S/C17H25O/c1-3-4-5-6-7-9-14(2)16-11-8-10-15-12-13-18-17(15)16/h8,11,14H,3-7,9,12-13H2,1-2H3. The topological polar surface area (TPSA) is 9.23 Å². The van der Waals surface area contributed by atoms with Gasteiger partial charge in [0.05, 0.1) is 6.61 Å². The Morgan fingerprint density at radius 2 is 2.11 bits per heavy atom. The predicted molar refractivity (Wildman–Crippen MR) is 76.3 cm³/mol. The van der Waals surface area contributed by atoms with Gasteiger partial charge in [0, 0.05) is 12.0 Å². The fourth-order valence-corrected chi connectivity index (χ4v) is 2.76. The van der Waals surface area contributed by atoms with E-state index >= 15 is 0 Å². The lowest BCUT2D eigenvalue weighted by Gasteiger charge is -2.15. The highest BCUT2D eigenvalue weighted by Crippen LogP contribution is 2.35. The Bertz CT molecular complexity index is 370. The van der Waals surface area contributed by atoms with E-state index in [0.717, 1.165) is 18.8 Å². The Balaban J connectivity index is 1.85. The number of unbranched alkanes of at least 4 members (excludes halogenated alkanes) is 4. The summed E-state index contributed by atoms with van der Waals surface area (Å²) in [4.78, 5) is 0. The fourth-order valence-electron chi connectivity index (χ4n) is 2.76. The first-order valence-electron chi connectivity index (χ1n) is 7.49. The maximum atomic E-state index is 5.76. The van der Waals surface area contributed by atoms with Gasteiger partial charge in [-0.25, -0.2) is 0 Å². The molecule has 2 rings (SSSR count). The molecule has 0 amide bonds. The van der Waals surface area contributed by atoms with Crippen molar-refractivity contribution in [2.24, 2.45) is 0 Å². The maximum absolute atomic E-state index is 5.76. The number of fused-ring (bicyclic) bond motifs is 1. The van der Waals surface area contributed by atoms with Gasteiger partial charge in [0.25, 0.3) is 0 Å². The molecule has 0 bridgehead atoms. The van der Waals surface area contributed by atoms with Crippen molar-refractivity contribution in [3.8, 4) is 5.75 Å². The minimum absolute atomic E-state index is 0.619. The van der Waals surface area contributed by atoms with Gasteiger partial charge in [0.15, 0.2) is 0 Å². The summed E-state index contributed by atoms with van der Waals surface area (Å²) in [5.74, 6) is 1.76. The van der Waals surface area contributed by atoms with Crippen LogP contribution in [0.4, 0.5) is 0 Å². The van der Waals surface area contributed by atoms with Crippen molar-refractivity contribution >= 4 is 0 Å². The monoisotopic (exact) mass is 245 g/mol. The molecule has 1 aromatic rings. The second-order valence-corrected chi connectivity index (χ2v) is 5.44. The molecule has 0 aromatic heterocycles. The molecule has 1 aliphatic heterocycles. The molecule has 1 heteroatoms. The van der Waals surface area contributed by atoms with E-state index in [9.17, 15) is 0 Å². The first-order valence-corrected chi connectivity index (χ1v) is 7.49. The van der Waals surface area contributed by atoms with E-state index < -0.39 is 0 Å². The van der Waals surface area contributed by atoms with E-state index in [2.05, 4.69) is 32.0 Å². The molecule has 99 valence electrons. The minimum Gasteiger partial charge on any atom is -0.493 e. The van der Waals surface area contributed by atoms with Crippen LogP contribution >= 0.6 is 0 Å². The van der Waals surface area contributed by atoms with E-state index in [0.29, 0.717) is 5.92 Å². The van der Waals surface area contributed by atoms with Crippen molar-refractivity contribution in [2.45, 2.75) is 64.7 Å². The molecular weight excluding hydrogens is 220 g/mol. The largest absolute Gasteiger partial charge is 0.493 e. The van der Waals surface area contributed by atoms with Gasteiger partial charge < -0.3 is 4.74 Å². The number of hydrogen-bond donors (Lipinski definition) is 0. The first-order chi connectivity index (χ1) is 8.83. The van der Waals surface area contributed by atoms with E-state index in [1.54, 1.807) is 0 Å². The summed E-state index contributed by atoms with van der Waals surface area (Å²) in [5, 5.41) is 0. The summed E-state index contributed by atoms with van der Waals surface area (Å²) in [7, 11) is 0. The normalized spacial score (nSPS) is 15.2. The third-order valence-electron chi connectivity index (χ3n) is 3.93. The number of hydrogen-bond acceptors (Lipinski definition) is 1. The zero-order valence-corrected chi connectivity index (χ0v) is 11.8. The third-order valence-corrected chi connectivity index (χ3v) is 3.93. The summed E-state index contributed by atoms with van der Waals surface area (Å²) in [6.07, 6.45) is 9.13. The minimum atomic E-state index is 0.619. The van der Waals surface area contributed by atoms with Crippen molar-refractivity contribution in [1.29, 1.82) is 0 Å². The highest BCUT2D eigenvalue weighted by Gasteiger charge is 2.19. The van der Waals surface area contributed by atoms with Crippen LogP contribution in [0.15, 0.2) is 12.1 Å². The molecule has 0 saturated carbocycles. The Morgan fingerprint density at radius 3 is 2.94 bits per heavy atom. The van der Waals surface area contributed by atoms with Gasteiger partial charge in [-0.3, -0.25) is 0 Å². The van der Waals surface area contributed by atoms with Gasteiger partial charge in [-0.05, 0) is 24.0 Å². The van der Waals surface area contributed by atoms with E-state index in [4.69, 9.17) is 4.74 Å². The van der Waals surface area contributed by atoms with Gasteiger partial charge >= 0.3 is 0 Å². The molecule has 1 nitrogen and oxygen atoms in total. The summed E-state index contributed by atoms with van der Waals surface area (Å²) < 4.78 is 5.76. The van der Waals surface area contributed by atoms with Crippen LogP contribution in [0, 0.1) is 6.07 Å². The average molecular weight is 245 g/mol. The van der Waals surface area contributed by atoms with Crippen LogP contribution in [-0.2, 0) is 6.42 Å². The van der Waals surface area contributed by atoms with Crippen LogP contribution in [0.2, 0.25) is 0 Å². The maximum Gasteiger partial charge on any atom is 0.126 e. The molecule has 0 N–H and O–H groups in total. The van der Waals surface area contributed by atoms with Gasteiger partial charge in [0.1, 0.15) is 5.75 Å². The molecule has 1 radical (unpaired) electrons. The van der Waals surface area contributed by atoms with Gasteiger partial charge in [0.2, 0.25) is 0 Å². The van der Waals surface area contributed by atoms with E-state index in [1.807, 2.05) is 0 Å². The van der Waals surface area contributed by atoms with Gasteiger partial charge in [-0.1, -0.05) is 58.1 Å². The molecule has 1 unspecified atom stereocenters. The zero-order valence-electron chi connectivity index (χ0n) is 11.8. The molecule has 1 atom stereocenters.